The van der Waals surface area contributed by atoms with E-state index < -0.39 is 0 Å². The molecule has 3 heterocycles. The fraction of sp³-hybridized carbons (Fsp3) is 0.471. The van der Waals surface area contributed by atoms with Gasteiger partial charge in [-0.15, -0.1) is 10.2 Å². The lowest BCUT2D eigenvalue weighted by Crippen LogP contribution is -2.46. The van der Waals surface area contributed by atoms with Crippen molar-refractivity contribution < 1.29 is 9.18 Å². The van der Waals surface area contributed by atoms with Crippen LogP contribution in [0.5, 0.6) is 0 Å². The molecule has 26 heavy (non-hydrogen) atoms. The topological polar surface area (TPSA) is 55.8 Å². The second kappa shape index (κ2) is 7.16. The van der Waals surface area contributed by atoms with Crippen LogP contribution in [0.15, 0.2) is 24.3 Å². The van der Waals surface area contributed by atoms with Gasteiger partial charge in [0.05, 0.1) is 0 Å². The molecule has 0 radical (unpaired) electrons. The van der Waals surface area contributed by atoms with E-state index in [1.165, 1.54) is 23.5 Å². The second-order valence-corrected chi connectivity index (χ2v) is 7.29. The average molecular weight is 376 g/mol. The van der Waals surface area contributed by atoms with Gasteiger partial charge in [-0.05, 0) is 30.8 Å². The van der Waals surface area contributed by atoms with Crippen molar-refractivity contribution in [2.24, 2.45) is 0 Å². The smallest absolute Gasteiger partial charge is 0.330 e. The minimum Gasteiger partial charge on any atom is -0.344 e. The number of carbonyl (C=O) groups excluding carboxylic acids is 1. The molecule has 1 aromatic heterocycles. The lowest BCUT2D eigenvalue weighted by molar-refractivity contribution is 0.256. The summed E-state index contributed by atoms with van der Waals surface area (Å²) in [7, 11) is 0. The van der Waals surface area contributed by atoms with Crippen LogP contribution >= 0.6 is 11.3 Å². The maximum atomic E-state index is 13.1. The Bertz CT molecular complexity index is 774. The zero-order valence-corrected chi connectivity index (χ0v) is 15.5. The molecular formula is C17H21FN6OS. The minimum atomic E-state index is -0.311. The molecule has 138 valence electrons. The molecule has 0 atom stereocenters. The highest BCUT2D eigenvalue weighted by molar-refractivity contribution is 7.19. The third kappa shape index (κ3) is 3.24. The predicted octanol–water partition coefficient (Wildman–Crippen LogP) is 2.27. The van der Waals surface area contributed by atoms with E-state index in [4.69, 9.17) is 0 Å². The molecule has 4 rings (SSSR count). The van der Waals surface area contributed by atoms with Crippen LogP contribution < -0.4 is 14.7 Å². The normalized spacial score (nSPS) is 18.8. The summed E-state index contributed by atoms with van der Waals surface area (Å²) in [5.41, 5.74) is 0.694. The van der Waals surface area contributed by atoms with Crippen LogP contribution in [0.1, 0.15) is 6.92 Å². The molecule has 0 saturated carbocycles. The van der Waals surface area contributed by atoms with E-state index in [9.17, 15) is 9.18 Å². The largest absolute Gasteiger partial charge is 0.344 e. The number of halogens is 1. The van der Waals surface area contributed by atoms with Crippen molar-refractivity contribution in [1.82, 2.24) is 15.1 Å². The molecule has 2 aliphatic rings. The molecule has 0 N–H and O–H groups in total. The Kier molecular flexibility index (Phi) is 4.73. The molecule has 2 amide bonds. The van der Waals surface area contributed by atoms with Crippen LogP contribution in [0, 0.1) is 5.82 Å². The minimum absolute atomic E-state index is 0.143. The first-order valence-corrected chi connectivity index (χ1v) is 9.63. The number of benzene rings is 1. The molecule has 2 aromatic rings. The number of aromatic nitrogens is 2. The molecule has 2 saturated heterocycles. The number of nitrogens with zero attached hydrogens (tertiary/aromatic N) is 6. The van der Waals surface area contributed by atoms with Crippen LogP contribution in [0.2, 0.25) is 0 Å². The lowest BCUT2D eigenvalue weighted by Gasteiger charge is -2.33. The maximum Gasteiger partial charge on any atom is 0.330 e. The SMILES string of the molecule is CCN1CCN(c2nnc(N3CCN(c4ccc(F)cc4)C3=O)s2)CC1. The monoisotopic (exact) mass is 376 g/mol. The standard InChI is InChI=1S/C17H21FN6OS/c1-2-21-7-9-22(10-8-21)15-19-20-16(26-15)24-12-11-23(17(24)25)14-5-3-13(18)4-6-14/h3-6H,2,7-12H2,1H3. The van der Waals surface area contributed by atoms with Gasteiger partial charge in [-0.1, -0.05) is 18.3 Å². The quantitative estimate of drug-likeness (QED) is 0.819. The number of amides is 2. The molecule has 1 aromatic carbocycles. The summed E-state index contributed by atoms with van der Waals surface area (Å²) >= 11 is 1.45. The Morgan fingerprint density at radius 1 is 0.962 bits per heavy atom. The summed E-state index contributed by atoms with van der Waals surface area (Å²) in [4.78, 5) is 20.7. The molecule has 0 bridgehead atoms. The van der Waals surface area contributed by atoms with Gasteiger partial charge in [0.1, 0.15) is 5.82 Å². The van der Waals surface area contributed by atoms with Gasteiger partial charge in [0.15, 0.2) is 0 Å². The lowest BCUT2D eigenvalue weighted by atomic mass is 10.3. The first-order valence-electron chi connectivity index (χ1n) is 8.81. The average Bonchev–Trinajstić information content (AvgIpc) is 3.29. The summed E-state index contributed by atoms with van der Waals surface area (Å²) in [6.45, 7) is 8.24. The van der Waals surface area contributed by atoms with Crippen molar-refractivity contribution in [1.29, 1.82) is 0 Å². The molecular weight excluding hydrogens is 355 g/mol. The number of anilines is 3. The zero-order valence-electron chi connectivity index (χ0n) is 14.6. The Labute approximate surface area is 155 Å². The van der Waals surface area contributed by atoms with Gasteiger partial charge in [-0.3, -0.25) is 9.80 Å². The Morgan fingerprint density at radius 2 is 1.62 bits per heavy atom. The number of hydrogen-bond acceptors (Lipinski definition) is 6. The van der Waals surface area contributed by atoms with Gasteiger partial charge in [0, 0.05) is 45.0 Å². The summed E-state index contributed by atoms with van der Waals surface area (Å²) in [6, 6.07) is 5.83. The number of hydrogen-bond donors (Lipinski definition) is 0. The van der Waals surface area contributed by atoms with Crippen molar-refractivity contribution in [3.05, 3.63) is 30.1 Å². The highest BCUT2D eigenvalue weighted by atomic mass is 32.1. The summed E-state index contributed by atoms with van der Waals surface area (Å²) in [5.74, 6) is -0.311. The molecule has 9 heteroatoms. The molecule has 2 fully saturated rings. The van der Waals surface area contributed by atoms with E-state index in [1.54, 1.807) is 21.9 Å². The Morgan fingerprint density at radius 3 is 2.31 bits per heavy atom. The number of urea groups is 1. The first-order chi connectivity index (χ1) is 12.7. The molecule has 2 aliphatic heterocycles. The van der Waals surface area contributed by atoms with Gasteiger partial charge in [-0.2, -0.15) is 0 Å². The van der Waals surface area contributed by atoms with Crippen LogP contribution in [-0.4, -0.2) is 66.9 Å². The van der Waals surface area contributed by atoms with Crippen LogP contribution in [0.4, 0.5) is 25.1 Å². The van der Waals surface area contributed by atoms with E-state index in [2.05, 4.69) is 26.9 Å². The molecule has 0 unspecified atom stereocenters. The maximum absolute atomic E-state index is 13.1. The number of rotatable bonds is 4. The molecule has 0 aliphatic carbocycles. The van der Waals surface area contributed by atoms with Crippen molar-refractivity contribution in [3.63, 3.8) is 0 Å². The summed E-state index contributed by atoms with van der Waals surface area (Å²) in [5, 5.41) is 10.0. The van der Waals surface area contributed by atoms with Gasteiger partial charge in [-0.25, -0.2) is 9.18 Å². The van der Waals surface area contributed by atoms with Crippen LogP contribution in [-0.2, 0) is 0 Å². The fourth-order valence-electron chi connectivity index (χ4n) is 3.28. The van der Waals surface area contributed by atoms with Gasteiger partial charge >= 0.3 is 6.03 Å². The van der Waals surface area contributed by atoms with E-state index in [0.717, 1.165) is 37.9 Å². The Balaban J connectivity index is 1.45. The van der Waals surface area contributed by atoms with E-state index in [0.29, 0.717) is 23.9 Å². The summed E-state index contributed by atoms with van der Waals surface area (Å²) in [6.07, 6.45) is 0. The van der Waals surface area contributed by atoms with Crippen LogP contribution in [0.3, 0.4) is 0 Å². The van der Waals surface area contributed by atoms with Crippen LogP contribution in [0.25, 0.3) is 0 Å². The van der Waals surface area contributed by atoms with Gasteiger partial charge in [0.2, 0.25) is 10.3 Å². The van der Waals surface area contributed by atoms with Gasteiger partial charge < -0.3 is 9.80 Å². The highest BCUT2D eigenvalue weighted by Crippen LogP contribution is 2.31. The fourth-order valence-corrected chi connectivity index (χ4v) is 4.19. The highest BCUT2D eigenvalue weighted by Gasteiger charge is 2.33. The van der Waals surface area contributed by atoms with E-state index in [-0.39, 0.29) is 11.8 Å². The zero-order chi connectivity index (χ0) is 18.1. The third-order valence-corrected chi connectivity index (χ3v) is 5.88. The third-order valence-electron chi connectivity index (χ3n) is 4.87. The van der Waals surface area contributed by atoms with E-state index in [1.807, 2.05) is 0 Å². The number of likely N-dealkylation sites (N-methyl/N-ethyl adjacent to an activating group) is 1. The second-order valence-electron chi connectivity index (χ2n) is 6.35. The van der Waals surface area contributed by atoms with Crippen molar-refractivity contribution in [2.75, 3.05) is 60.5 Å². The van der Waals surface area contributed by atoms with E-state index >= 15 is 0 Å². The van der Waals surface area contributed by atoms with Crippen molar-refractivity contribution in [2.45, 2.75) is 6.92 Å². The van der Waals surface area contributed by atoms with Crippen molar-refractivity contribution in [3.8, 4) is 0 Å². The molecule has 7 nitrogen and oxygen atoms in total. The Hall–Kier alpha value is -2.26. The number of piperazine rings is 1. The summed E-state index contributed by atoms with van der Waals surface area (Å²) < 4.78 is 13.1. The van der Waals surface area contributed by atoms with Gasteiger partial charge in [0.25, 0.3) is 0 Å². The number of carbonyl (C=O) groups is 1. The predicted molar refractivity (Wildman–Crippen MR) is 101 cm³/mol. The van der Waals surface area contributed by atoms with Crippen molar-refractivity contribution >= 4 is 33.3 Å². The molecule has 0 spiro atoms. The first kappa shape index (κ1) is 17.2.